The van der Waals surface area contributed by atoms with E-state index < -0.39 is 5.60 Å². The molecule has 0 saturated carbocycles. The number of rotatable bonds is 4. The molecule has 0 bridgehead atoms. The number of aromatic nitrogens is 2. The third-order valence-corrected chi connectivity index (χ3v) is 5.22. The number of carbonyl (C=O) groups excluding carboxylic acids is 1. The molecule has 1 saturated heterocycles. The topological polar surface area (TPSA) is 66.3 Å². The van der Waals surface area contributed by atoms with Crippen molar-refractivity contribution in [3.63, 3.8) is 0 Å². The summed E-state index contributed by atoms with van der Waals surface area (Å²) in [5.74, 6) is 0.601. The van der Waals surface area contributed by atoms with Gasteiger partial charge in [-0.2, -0.15) is 10.2 Å². The van der Waals surface area contributed by atoms with E-state index in [9.17, 15) is 9.90 Å². The molecule has 0 aliphatic carbocycles. The van der Waals surface area contributed by atoms with Crippen molar-refractivity contribution < 1.29 is 9.90 Å². The highest BCUT2D eigenvalue weighted by Gasteiger charge is 2.36. The lowest BCUT2D eigenvalue weighted by Gasteiger charge is -2.37. The second-order valence-electron chi connectivity index (χ2n) is 7.55. The Balaban J connectivity index is 1.58. The third kappa shape index (κ3) is 4.10. The van der Waals surface area contributed by atoms with E-state index in [0.717, 1.165) is 11.3 Å². The minimum absolute atomic E-state index is 0.110. The number of carbonyl (C=O) groups is 1. The first-order chi connectivity index (χ1) is 12.4. The summed E-state index contributed by atoms with van der Waals surface area (Å²) in [6.07, 6.45) is 1.38. The molecule has 2 aromatic rings. The van der Waals surface area contributed by atoms with Gasteiger partial charge in [0.25, 0.3) is 0 Å². The smallest absolute Gasteiger partial charge is 0.226 e. The van der Waals surface area contributed by atoms with Crippen molar-refractivity contribution in [3.05, 3.63) is 58.9 Å². The number of hydrogen-bond donors (Lipinski definition) is 1. The van der Waals surface area contributed by atoms with Crippen LogP contribution in [0.3, 0.4) is 0 Å². The molecular weight excluding hydrogens is 326 g/mol. The van der Waals surface area contributed by atoms with Gasteiger partial charge in [-0.1, -0.05) is 38.1 Å². The quantitative estimate of drug-likeness (QED) is 0.918. The van der Waals surface area contributed by atoms with E-state index in [0.29, 0.717) is 44.0 Å². The molecule has 2 heterocycles. The fourth-order valence-corrected chi connectivity index (χ4v) is 3.34. The minimum Gasteiger partial charge on any atom is -0.383 e. The molecule has 1 aromatic heterocycles. The molecule has 5 heteroatoms. The van der Waals surface area contributed by atoms with E-state index in [-0.39, 0.29) is 5.91 Å². The number of likely N-dealkylation sites (tertiary alicyclic amines) is 1. The predicted octanol–water partition coefficient (Wildman–Crippen LogP) is 2.96. The molecule has 1 aliphatic heterocycles. The molecule has 3 rings (SSSR count). The van der Waals surface area contributed by atoms with Gasteiger partial charge in [0.1, 0.15) is 5.60 Å². The summed E-state index contributed by atoms with van der Waals surface area (Å²) in [5.41, 5.74) is 2.75. The maximum atomic E-state index is 12.6. The second kappa shape index (κ2) is 7.54. The molecule has 0 radical (unpaired) electrons. The monoisotopic (exact) mass is 353 g/mol. The Kier molecular flexibility index (Phi) is 5.37. The number of hydrogen-bond acceptors (Lipinski definition) is 4. The summed E-state index contributed by atoms with van der Waals surface area (Å²) >= 11 is 0. The Morgan fingerprint density at radius 2 is 1.77 bits per heavy atom. The zero-order valence-corrected chi connectivity index (χ0v) is 15.8. The van der Waals surface area contributed by atoms with Crippen molar-refractivity contribution in [1.82, 2.24) is 15.1 Å². The summed E-state index contributed by atoms with van der Waals surface area (Å²) in [6.45, 7) is 7.26. The van der Waals surface area contributed by atoms with Gasteiger partial charge in [0.2, 0.25) is 5.91 Å². The molecule has 0 spiro atoms. The van der Waals surface area contributed by atoms with Crippen LogP contribution >= 0.6 is 0 Å². The molecule has 1 aliphatic rings. The van der Waals surface area contributed by atoms with Gasteiger partial charge in [-0.3, -0.25) is 4.79 Å². The lowest BCUT2D eigenvalue weighted by atomic mass is 9.87. The molecule has 1 aromatic carbocycles. The maximum Gasteiger partial charge on any atom is 0.226 e. The summed E-state index contributed by atoms with van der Waals surface area (Å²) in [4.78, 5) is 14.4. The van der Waals surface area contributed by atoms with Crippen LogP contribution in [-0.4, -0.2) is 39.2 Å². The number of amides is 1. The third-order valence-electron chi connectivity index (χ3n) is 5.22. The Morgan fingerprint density at radius 3 is 2.31 bits per heavy atom. The van der Waals surface area contributed by atoms with Crippen LogP contribution in [0.5, 0.6) is 0 Å². The normalized spacial score (nSPS) is 16.7. The molecule has 1 N–H and O–H groups in total. The lowest BCUT2D eigenvalue weighted by molar-refractivity contribution is -0.135. The van der Waals surface area contributed by atoms with Crippen molar-refractivity contribution in [3.8, 4) is 0 Å². The van der Waals surface area contributed by atoms with Gasteiger partial charge in [0, 0.05) is 13.1 Å². The van der Waals surface area contributed by atoms with Crippen molar-refractivity contribution in [2.24, 2.45) is 0 Å². The molecule has 0 unspecified atom stereocenters. The highest BCUT2D eigenvalue weighted by Crippen LogP contribution is 2.31. The van der Waals surface area contributed by atoms with Gasteiger partial charge in [-0.15, -0.1) is 0 Å². The number of piperidine rings is 1. The van der Waals surface area contributed by atoms with Gasteiger partial charge in [-0.25, -0.2) is 0 Å². The lowest BCUT2D eigenvalue weighted by Crippen LogP contribution is -2.46. The predicted molar refractivity (Wildman–Crippen MR) is 101 cm³/mol. The fraction of sp³-hybridized carbons (Fsp3) is 0.476. The number of nitrogens with zero attached hydrogens (tertiary/aromatic N) is 3. The Hall–Kier alpha value is -2.27. The zero-order valence-electron chi connectivity index (χ0n) is 15.8. The maximum absolute atomic E-state index is 12.6. The summed E-state index contributed by atoms with van der Waals surface area (Å²) in [6, 6.07) is 12.0. The molecular formula is C21H27N3O2. The minimum atomic E-state index is -0.990. The van der Waals surface area contributed by atoms with E-state index in [1.165, 1.54) is 5.56 Å². The van der Waals surface area contributed by atoms with Gasteiger partial charge in [0.05, 0.1) is 17.8 Å². The van der Waals surface area contributed by atoms with Crippen molar-refractivity contribution in [2.45, 2.75) is 51.6 Å². The van der Waals surface area contributed by atoms with Crippen molar-refractivity contribution in [1.29, 1.82) is 0 Å². The van der Waals surface area contributed by atoms with Crippen LogP contribution in [0.1, 0.15) is 55.1 Å². The SMILES string of the molecule is Cc1ccc(C2(O)CCN(C(=O)Cc3ccc(C(C)C)cc3)CC2)nn1. The standard InChI is InChI=1S/C21H27N3O2/c1-15(2)18-7-5-17(6-8-18)14-20(25)24-12-10-21(26,11-13-24)19-9-4-16(3)22-23-19/h4-9,15,26H,10-14H2,1-3H3. The molecule has 1 amide bonds. The first-order valence-corrected chi connectivity index (χ1v) is 9.27. The van der Waals surface area contributed by atoms with E-state index in [1.54, 1.807) is 0 Å². The highest BCUT2D eigenvalue weighted by molar-refractivity contribution is 5.78. The molecule has 138 valence electrons. The second-order valence-corrected chi connectivity index (χ2v) is 7.55. The van der Waals surface area contributed by atoms with E-state index >= 15 is 0 Å². The van der Waals surface area contributed by atoms with Crippen LogP contribution in [0.2, 0.25) is 0 Å². The largest absolute Gasteiger partial charge is 0.383 e. The average Bonchev–Trinajstić information content (AvgIpc) is 2.63. The number of aryl methyl sites for hydroxylation is 1. The Labute approximate surface area is 155 Å². The van der Waals surface area contributed by atoms with Crippen LogP contribution in [0.4, 0.5) is 0 Å². The van der Waals surface area contributed by atoms with Crippen LogP contribution < -0.4 is 0 Å². The van der Waals surface area contributed by atoms with Crippen molar-refractivity contribution >= 4 is 5.91 Å². The first kappa shape index (κ1) is 18.5. The highest BCUT2D eigenvalue weighted by atomic mass is 16.3. The molecule has 5 nitrogen and oxygen atoms in total. The van der Waals surface area contributed by atoms with E-state index in [2.05, 4.69) is 36.2 Å². The van der Waals surface area contributed by atoms with Crippen LogP contribution in [0, 0.1) is 6.92 Å². The molecule has 1 fully saturated rings. The number of aliphatic hydroxyl groups is 1. The van der Waals surface area contributed by atoms with Crippen LogP contribution in [-0.2, 0) is 16.8 Å². The Morgan fingerprint density at radius 1 is 1.12 bits per heavy atom. The van der Waals surface area contributed by atoms with Gasteiger partial charge >= 0.3 is 0 Å². The molecule has 0 atom stereocenters. The van der Waals surface area contributed by atoms with E-state index in [1.807, 2.05) is 36.1 Å². The summed E-state index contributed by atoms with van der Waals surface area (Å²) in [7, 11) is 0. The Bertz CT molecular complexity index is 746. The van der Waals surface area contributed by atoms with Crippen molar-refractivity contribution in [2.75, 3.05) is 13.1 Å². The average molecular weight is 353 g/mol. The summed E-state index contributed by atoms with van der Waals surface area (Å²) < 4.78 is 0. The zero-order chi connectivity index (χ0) is 18.7. The van der Waals surface area contributed by atoms with E-state index in [4.69, 9.17) is 0 Å². The van der Waals surface area contributed by atoms with Crippen LogP contribution in [0.25, 0.3) is 0 Å². The van der Waals surface area contributed by atoms with Gasteiger partial charge < -0.3 is 10.0 Å². The van der Waals surface area contributed by atoms with Crippen LogP contribution in [0.15, 0.2) is 36.4 Å². The van der Waals surface area contributed by atoms with Gasteiger partial charge in [0.15, 0.2) is 0 Å². The first-order valence-electron chi connectivity index (χ1n) is 9.27. The fourth-order valence-electron chi connectivity index (χ4n) is 3.34. The summed E-state index contributed by atoms with van der Waals surface area (Å²) in [5, 5.41) is 19.0. The molecule has 26 heavy (non-hydrogen) atoms. The van der Waals surface area contributed by atoms with Gasteiger partial charge in [-0.05, 0) is 48.9 Å². The number of benzene rings is 1.